The van der Waals surface area contributed by atoms with Gasteiger partial charge in [-0.2, -0.15) is 0 Å². The maximum atomic E-state index is 5.00. The van der Waals surface area contributed by atoms with Crippen molar-refractivity contribution >= 4 is 44.8 Å². The molecule has 0 unspecified atom stereocenters. The van der Waals surface area contributed by atoms with Gasteiger partial charge in [0, 0.05) is 52.3 Å². The Labute approximate surface area is 204 Å². The summed E-state index contributed by atoms with van der Waals surface area (Å²) < 4.78 is 0. The highest BCUT2D eigenvalue weighted by atomic mass is 32.1. The summed E-state index contributed by atoms with van der Waals surface area (Å²) in [5, 5.41) is 9.88. The van der Waals surface area contributed by atoms with Crippen molar-refractivity contribution in [1.82, 2.24) is 10.6 Å². The maximum Gasteiger partial charge on any atom is 0.0672 e. The molecule has 172 valence electrons. The summed E-state index contributed by atoms with van der Waals surface area (Å²) in [4.78, 5) is 12.5. The summed E-state index contributed by atoms with van der Waals surface area (Å²) in [7, 11) is 0. The van der Waals surface area contributed by atoms with Gasteiger partial charge < -0.3 is 10.6 Å². The molecule has 0 saturated carbocycles. The predicted octanol–water partition coefficient (Wildman–Crippen LogP) is 6.19. The number of thiophene rings is 1. The van der Waals surface area contributed by atoms with Gasteiger partial charge in [0.05, 0.1) is 5.69 Å². The van der Waals surface area contributed by atoms with Gasteiger partial charge >= 0.3 is 0 Å². The molecule has 7 rings (SSSR count). The number of allylic oxidation sites excluding steroid dienone is 1. The Bertz CT molecular complexity index is 1380. The van der Waals surface area contributed by atoms with Crippen LogP contribution in [0, 0.1) is 6.92 Å². The van der Waals surface area contributed by atoms with Gasteiger partial charge in [-0.15, -0.1) is 11.3 Å². The minimum atomic E-state index is 0.466. The van der Waals surface area contributed by atoms with Crippen molar-refractivity contribution in [2.75, 3.05) is 13.1 Å². The largest absolute Gasteiger partial charge is 0.309 e. The van der Waals surface area contributed by atoms with Crippen LogP contribution in [-0.2, 0) is 6.42 Å². The van der Waals surface area contributed by atoms with Gasteiger partial charge in [-0.05, 0) is 96.9 Å². The van der Waals surface area contributed by atoms with Crippen molar-refractivity contribution in [2.45, 2.75) is 57.5 Å². The third kappa shape index (κ3) is 3.49. The molecule has 0 bridgehead atoms. The van der Waals surface area contributed by atoms with Crippen molar-refractivity contribution in [2.24, 2.45) is 9.98 Å². The molecule has 34 heavy (non-hydrogen) atoms. The first kappa shape index (κ1) is 20.7. The van der Waals surface area contributed by atoms with Crippen LogP contribution in [0.4, 0.5) is 5.69 Å². The predicted molar refractivity (Wildman–Crippen MR) is 145 cm³/mol. The normalized spacial score (nSPS) is 24.0. The van der Waals surface area contributed by atoms with Crippen LogP contribution in [0.25, 0.3) is 26.8 Å². The number of hydrogen-bond donors (Lipinski definition) is 2. The van der Waals surface area contributed by atoms with E-state index in [0.717, 1.165) is 25.9 Å². The number of rotatable bonds is 4. The summed E-state index contributed by atoms with van der Waals surface area (Å²) in [6.45, 7) is 4.48. The maximum absolute atomic E-state index is 5.00. The first-order valence-electron chi connectivity index (χ1n) is 12.7. The Balaban J connectivity index is 1.15. The van der Waals surface area contributed by atoms with E-state index in [1.165, 1.54) is 85.6 Å². The highest BCUT2D eigenvalue weighted by Gasteiger charge is 2.27. The molecule has 2 N–H and O–H groups in total. The van der Waals surface area contributed by atoms with E-state index in [9.17, 15) is 0 Å². The summed E-state index contributed by atoms with van der Waals surface area (Å²) in [6, 6.07) is 14.8. The zero-order valence-corrected chi connectivity index (χ0v) is 20.5. The molecule has 2 fully saturated rings. The smallest absolute Gasteiger partial charge is 0.0672 e. The first-order chi connectivity index (χ1) is 16.7. The molecule has 5 heterocycles. The van der Waals surface area contributed by atoms with Gasteiger partial charge in [0.15, 0.2) is 0 Å². The van der Waals surface area contributed by atoms with Gasteiger partial charge in [-0.25, -0.2) is 0 Å². The lowest BCUT2D eigenvalue weighted by Gasteiger charge is -2.10. The second-order valence-electron chi connectivity index (χ2n) is 10.2. The molecule has 0 spiro atoms. The minimum Gasteiger partial charge on any atom is -0.309 e. The number of hydrogen-bond acceptors (Lipinski definition) is 5. The lowest BCUT2D eigenvalue weighted by molar-refractivity contribution is 0.755. The van der Waals surface area contributed by atoms with Crippen LogP contribution in [0.3, 0.4) is 0 Å². The number of nitrogens with one attached hydrogen (secondary N) is 2. The number of fused-ring (bicyclic) bond motifs is 3. The number of benzene rings is 2. The molecule has 4 aliphatic heterocycles. The average Bonchev–Trinajstić information content (AvgIpc) is 3.66. The van der Waals surface area contributed by atoms with Gasteiger partial charge in [0.2, 0.25) is 0 Å². The van der Waals surface area contributed by atoms with Crippen LogP contribution < -0.4 is 10.6 Å². The standard InChI is InChI=1S/C29H30N4S/c1-17-12-28(20-14-26(32-16-20)24-4-2-10-30-24)34-29(17)19-6-8-21-18(13-19)7-9-23-22(21)15-27(33-23)25-5-3-11-31-25/h6-9,12-13,16,24-25,30-31H,2-5,10-11,14-15H2,1H3/t24-,25-/m0/s1. The molecule has 5 heteroatoms. The van der Waals surface area contributed by atoms with E-state index < -0.39 is 0 Å². The first-order valence-corrected chi connectivity index (χ1v) is 13.5. The second-order valence-corrected chi connectivity index (χ2v) is 11.2. The molecular weight excluding hydrogens is 436 g/mol. The third-order valence-electron chi connectivity index (χ3n) is 7.91. The lowest BCUT2D eigenvalue weighted by atomic mass is 9.96. The monoisotopic (exact) mass is 466 g/mol. The fourth-order valence-corrected chi connectivity index (χ4v) is 7.24. The lowest BCUT2D eigenvalue weighted by Crippen LogP contribution is -2.30. The topological polar surface area (TPSA) is 48.8 Å². The van der Waals surface area contributed by atoms with Gasteiger partial charge in [-0.1, -0.05) is 18.2 Å². The van der Waals surface area contributed by atoms with Gasteiger partial charge in [0.1, 0.15) is 0 Å². The molecule has 0 amide bonds. The number of nitrogens with zero attached hydrogens (tertiary/aromatic N) is 2. The van der Waals surface area contributed by atoms with E-state index in [2.05, 4.69) is 60.2 Å². The molecule has 3 aromatic rings. The SMILES string of the molecule is Cc1cc(C2=CN=C([C@@H]3CCCN3)C2)sc1-c1ccc2c3c(ccc2c1)N=C([C@@H]1CCCN1)C3. The van der Waals surface area contributed by atoms with E-state index in [0.29, 0.717) is 12.1 Å². The van der Waals surface area contributed by atoms with Crippen LogP contribution in [0.15, 0.2) is 52.6 Å². The summed E-state index contributed by atoms with van der Waals surface area (Å²) >= 11 is 1.91. The molecule has 2 atom stereocenters. The van der Waals surface area contributed by atoms with Crippen LogP contribution in [0.2, 0.25) is 0 Å². The van der Waals surface area contributed by atoms with E-state index in [4.69, 9.17) is 9.98 Å². The number of aryl methyl sites for hydroxylation is 1. The minimum absolute atomic E-state index is 0.466. The highest BCUT2D eigenvalue weighted by molar-refractivity contribution is 7.16. The summed E-state index contributed by atoms with van der Waals surface area (Å²) in [5.74, 6) is 0. The molecular formula is C29H30N4S. The van der Waals surface area contributed by atoms with Crippen molar-refractivity contribution < 1.29 is 0 Å². The van der Waals surface area contributed by atoms with Crippen molar-refractivity contribution in [3.8, 4) is 10.4 Å². The Morgan fingerprint density at radius 3 is 2.53 bits per heavy atom. The van der Waals surface area contributed by atoms with Crippen molar-refractivity contribution in [3.05, 3.63) is 58.6 Å². The van der Waals surface area contributed by atoms with Crippen LogP contribution in [0.1, 0.15) is 48.1 Å². The zero-order valence-electron chi connectivity index (χ0n) is 19.7. The fraction of sp³-hybridized carbons (Fsp3) is 0.379. The van der Waals surface area contributed by atoms with E-state index in [-0.39, 0.29) is 0 Å². The van der Waals surface area contributed by atoms with E-state index in [1.807, 2.05) is 11.3 Å². The Kier molecular flexibility index (Phi) is 5.04. The zero-order chi connectivity index (χ0) is 22.6. The van der Waals surface area contributed by atoms with Crippen molar-refractivity contribution in [3.63, 3.8) is 0 Å². The van der Waals surface area contributed by atoms with Crippen molar-refractivity contribution in [1.29, 1.82) is 0 Å². The molecule has 2 saturated heterocycles. The van der Waals surface area contributed by atoms with Crippen LogP contribution in [-0.4, -0.2) is 36.6 Å². The van der Waals surface area contributed by atoms with E-state index >= 15 is 0 Å². The summed E-state index contributed by atoms with van der Waals surface area (Å²) in [5.41, 5.74) is 9.24. The molecule has 0 radical (unpaired) electrons. The van der Waals surface area contributed by atoms with Gasteiger partial charge in [-0.3, -0.25) is 9.98 Å². The molecule has 1 aromatic heterocycles. The highest BCUT2D eigenvalue weighted by Crippen LogP contribution is 2.41. The quantitative estimate of drug-likeness (QED) is 0.481. The summed E-state index contributed by atoms with van der Waals surface area (Å²) in [6.07, 6.45) is 9.03. The molecule has 0 aliphatic carbocycles. The second kappa shape index (κ2) is 8.26. The fourth-order valence-electron chi connectivity index (χ4n) is 6.07. The molecule has 4 aliphatic rings. The molecule has 2 aromatic carbocycles. The van der Waals surface area contributed by atoms with Crippen LogP contribution in [0.5, 0.6) is 0 Å². The van der Waals surface area contributed by atoms with Crippen LogP contribution >= 0.6 is 11.3 Å². The Morgan fingerprint density at radius 2 is 1.74 bits per heavy atom. The Morgan fingerprint density at radius 1 is 0.912 bits per heavy atom. The van der Waals surface area contributed by atoms with E-state index in [1.54, 1.807) is 0 Å². The third-order valence-corrected chi connectivity index (χ3v) is 9.27. The number of aliphatic imine (C=N–C) groups is 2. The molecule has 4 nitrogen and oxygen atoms in total. The Hall–Kier alpha value is -2.60. The van der Waals surface area contributed by atoms with Gasteiger partial charge in [0.25, 0.3) is 0 Å². The average molecular weight is 467 g/mol.